The molecule has 0 bridgehead atoms. The van der Waals surface area contributed by atoms with Gasteiger partial charge in [0.1, 0.15) is 5.69 Å². The molecule has 0 fully saturated rings. The van der Waals surface area contributed by atoms with Crippen molar-refractivity contribution in [1.29, 1.82) is 0 Å². The molecule has 0 spiro atoms. The van der Waals surface area contributed by atoms with Crippen LogP contribution in [0.4, 0.5) is 13.2 Å². The number of aryl methyl sites for hydroxylation is 1. The van der Waals surface area contributed by atoms with E-state index in [-0.39, 0.29) is 5.57 Å². The molecule has 2 heterocycles. The number of alkyl halides is 3. The number of hydrogen-bond acceptors (Lipinski definition) is 3. The van der Waals surface area contributed by atoms with E-state index in [9.17, 15) is 18.0 Å². The number of hydrogen-bond donors (Lipinski definition) is 1. The first-order valence-electron chi connectivity index (χ1n) is 11.4. The summed E-state index contributed by atoms with van der Waals surface area (Å²) in [6.45, 7) is 5.78. The summed E-state index contributed by atoms with van der Waals surface area (Å²) in [5.41, 5.74) is 10.3. The molecule has 0 unspecified atom stereocenters. The number of rotatable bonds is 5. The van der Waals surface area contributed by atoms with E-state index in [4.69, 9.17) is 10.8 Å². The Bertz CT molecular complexity index is 1670. The number of carbonyl (C=O) groups excluding carboxylic acids is 1. The Morgan fingerprint density at radius 1 is 0.919 bits per heavy atom. The summed E-state index contributed by atoms with van der Waals surface area (Å²) in [6, 6.07) is 21.6. The zero-order valence-electron chi connectivity index (χ0n) is 19.8. The Labute approximate surface area is 210 Å². The third-order valence-electron chi connectivity index (χ3n) is 6.16. The highest BCUT2D eigenvalue weighted by Crippen LogP contribution is 2.35. The molecule has 0 aliphatic heterocycles. The zero-order chi connectivity index (χ0) is 26.3. The fraction of sp³-hybridized carbons (Fsp3) is 0.0690. The number of aromatic nitrogens is 3. The van der Waals surface area contributed by atoms with Crippen molar-refractivity contribution < 1.29 is 18.0 Å². The lowest BCUT2D eigenvalue weighted by Gasteiger charge is -2.12. The number of primary amides is 1. The van der Waals surface area contributed by atoms with Gasteiger partial charge in [0.2, 0.25) is 5.91 Å². The van der Waals surface area contributed by atoms with Crippen LogP contribution in [0, 0.1) is 6.92 Å². The summed E-state index contributed by atoms with van der Waals surface area (Å²) in [5, 5.41) is 5.55. The van der Waals surface area contributed by atoms with Crippen molar-refractivity contribution in [3.8, 4) is 28.2 Å². The monoisotopic (exact) mass is 498 g/mol. The van der Waals surface area contributed by atoms with E-state index in [1.807, 2.05) is 49.4 Å². The van der Waals surface area contributed by atoms with Gasteiger partial charge in [0.15, 0.2) is 0 Å². The molecular formula is C29H21F3N4O. The van der Waals surface area contributed by atoms with Crippen LogP contribution < -0.4 is 5.73 Å². The fourth-order valence-corrected chi connectivity index (χ4v) is 4.27. The van der Waals surface area contributed by atoms with Crippen molar-refractivity contribution in [3.63, 3.8) is 0 Å². The quantitative estimate of drug-likeness (QED) is 0.278. The molecule has 0 aliphatic rings. The molecule has 37 heavy (non-hydrogen) atoms. The number of nitrogens with zero attached hydrogens (tertiary/aromatic N) is 3. The van der Waals surface area contributed by atoms with Gasteiger partial charge in [0, 0.05) is 28.3 Å². The lowest BCUT2D eigenvalue weighted by molar-refractivity contribution is -0.137. The second-order valence-corrected chi connectivity index (χ2v) is 8.63. The zero-order valence-corrected chi connectivity index (χ0v) is 19.8. The maximum Gasteiger partial charge on any atom is 0.416 e. The average Bonchev–Trinajstić information content (AvgIpc) is 3.27. The summed E-state index contributed by atoms with van der Waals surface area (Å²) in [4.78, 5) is 16.5. The Kier molecular flexibility index (Phi) is 5.87. The largest absolute Gasteiger partial charge is 0.416 e. The van der Waals surface area contributed by atoms with Crippen LogP contribution in [0.2, 0.25) is 0 Å². The Hall–Kier alpha value is -4.72. The fourth-order valence-electron chi connectivity index (χ4n) is 4.27. The highest BCUT2D eigenvalue weighted by molar-refractivity contribution is 6.18. The van der Waals surface area contributed by atoms with Gasteiger partial charge >= 0.3 is 6.18 Å². The molecule has 1 amide bonds. The predicted octanol–water partition coefficient (Wildman–Crippen LogP) is 6.58. The van der Waals surface area contributed by atoms with Crippen molar-refractivity contribution in [2.45, 2.75) is 13.1 Å². The Balaban J connectivity index is 1.73. The predicted molar refractivity (Wildman–Crippen MR) is 138 cm³/mol. The number of carbonyl (C=O) groups is 1. The molecule has 5 nitrogen and oxygen atoms in total. The van der Waals surface area contributed by atoms with Crippen molar-refractivity contribution in [2.24, 2.45) is 5.73 Å². The topological polar surface area (TPSA) is 73.8 Å². The van der Waals surface area contributed by atoms with Crippen LogP contribution >= 0.6 is 0 Å². The van der Waals surface area contributed by atoms with Gasteiger partial charge in [-0.2, -0.15) is 18.3 Å². The summed E-state index contributed by atoms with van der Waals surface area (Å²) < 4.78 is 41.0. The first kappa shape index (κ1) is 24.0. The SMILES string of the molecule is C=C(C(N)=O)c1cc(-c2ncccc2C)cc(-n2nc(-c3ccc(C(F)(F)F)cc3)c3ccccc32)c1. The summed E-state index contributed by atoms with van der Waals surface area (Å²) in [5.74, 6) is -0.656. The van der Waals surface area contributed by atoms with Gasteiger partial charge in [-0.1, -0.05) is 43.0 Å². The van der Waals surface area contributed by atoms with E-state index in [1.165, 1.54) is 12.1 Å². The smallest absolute Gasteiger partial charge is 0.366 e. The van der Waals surface area contributed by atoms with Gasteiger partial charge in [-0.3, -0.25) is 9.78 Å². The molecule has 8 heteroatoms. The summed E-state index contributed by atoms with van der Waals surface area (Å²) >= 11 is 0. The number of amides is 1. The minimum absolute atomic E-state index is 0.135. The molecular weight excluding hydrogens is 477 g/mol. The normalized spacial score (nSPS) is 11.6. The maximum absolute atomic E-state index is 13.1. The number of halogens is 3. The first-order valence-corrected chi connectivity index (χ1v) is 11.4. The molecule has 0 atom stereocenters. The molecule has 0 aliphatic carbocycles. The number of pyridine rings is 1. The van der Waals surface area contributed by atoms with Crippen LogP contribution in [0.1, 0.15) is 16.7 Å². The van der Waals surface area contributed by atoms with Crippen molar-refractivity contribution in [1.82, 2.24) is 14.8 Å². The summed E-state index contributed by atoms with van der Waals surface area (Å²) in [6.07, 6.45) is -2.74. The number of fused-ring (bicyclic) bond motifs is 1. The maximum atomic E-state index is 13.1. The third kappa shape index (κ3) is 4.49. The molecule has 5 aromatic rings. The van der Waals surface area contributed by atoms with Gasteiger partial charge in [-0.15, -0.1) is 0 Å². The van der Waals surface area contributed by atoms with Crippen LogP contribution in [0.15, 0.2) is 91.6 Å². The van der Waals surface area contributed by atoms with Crippen LogP contribution in [0.3, 0.4) is 0 Å². The standard InChI is InChI=1S/C29H21F3N4O/c1-17-6-5-13-34-26(17)21-14-20(18(2)28(33)37)15-23(16-21)36-25-8-4-3-7-24(25)27(35-36)19-9-11-22(12-10-19)29(30,31)32/h3-16H,2H2,1H3,(H2,33,37). The molecule has 0 saturated carbocycles. The number of nitrogens with two attached hydrogens (primary N) is 1. The minimum atomic E-state index is -4.43. The van der Waals surface area contributed by atoms with E-state index < -0.39 is 17.6 Å². The number of para-hydroxylation sites is 1. The van der Waals surface area contributed by atoms with E-state index in [1.54, 1.807) is 23.0 Å². The van der Waals surface area contributed by atoms with Crippen LogP contribution in [-0.4, -0.2) is 20.7 Å². The van der Waals surface area contributed by atoms with Crippen molar-refractivity contribution in [3.05, 3.63) is 108 Å². The van der Waals surface area contributed by atoms with Gasteiger partial charge in [0.25, 0.3) is 0 Å². The van der Waals surface area contributed by atoms with Crippen LogP contribution in [0.5, 0.6) is 0 Å². The highest BCUT2D eigenvalue weighted by atomic mass is 19.4. The lowest BCUT2D eigenvalue weighted by atomic mass is 9.99. The Morgan fingerprint density at radius 2 is 1.65 bits per heavy atom. The van der Waals surface area contributed by atoms with E-state index in [2.05, 4.69) is 11.6 Å². The van der Waals surface area contributed by atoms with Crippen LogP contribution in [0.25, 0.3) is 44.7 Å². The molecule has 0 saturated heterocycles. The highest BCUT2D eigenvalue weighted by Gasteiger charge is 2.30. The van der Waals surface area contributed by atoms with E-state index >= 15 is 0 Å². The van der Waals surface area contributed by atoms with Crippen LogP contribution in [-0.2, 0) is 11.0 Å². The molecule has 3 aromatic carbocycles. The summed E-state index contributed by atoms with van der Waals surface area (Å²) in [7, 11) is 0. The molecule has 2 N–H and O–H groups in total. The lowest BCUT2D eigenvalue weighted by Crippen LogP contribution is -2.12. The van der Waals surface area contributed by atoms with Crippen molar-refractivity contribution >= 4 is 22.4 Å². The van der Waals surface area contributed by atoms with E-state index in [0.29, 0.717) is 22.5 Å². The average molecular weight is 499 g/mol. The van der Waals surface area contributed by atoms with Gasteiger partial charge in [0.05, 0.1) is 22.5 Å². The molecule has 184 valence electrons. The van der Waals surface area contributed by atoms with E-state index in [0.717, 1.165) is 39.9 Å². The first-order chi connectivity index (χ1) is 17.6. The molecule has 2 aromatic heterocycles. The molecule has 0 radical (unpaired) electrons. The van der Waals surface area contributed by atoms with Gasteiger partial charge in [-0.05, 0) is 60.5 Å². The van der Waals surface area contributed by atoms with Gasteiger partial charge < -0.3 is 5.73 Å². The second-order valence-electron chi connectivity index (χ2n) is 8.63. The van der Waals surface area contributed by atoms with Gasteiger partial charge in [-0.25, -0.2) is 4.68 Å². The third-order valence-corrected chi connectivity index (χ3v) is 6.16. The minimum Gasteiger partial charge on any atom is -0.366 e. The van der Waals surface area contributed by atoms with Crippen molar-refractivity contribution in [2.75, 3.05) is 0 Å². The Morgan fingerprint density at radius 3 is 2.32 bits per heavy atom. The number of benzene rings is 3. The molecule has 5 rings (SSSR count). The second kappa shape index (κ2) is 9.05.